The van der Waals surface area contributed by atoms with Gasteiger partial charge in [0.2, 0.25) is 5.96 Å². The zero-order chi connectivity index (χ0) is 25.6. The Morgan fingerprint density at radius 3 is 2.37 bits per heavy atom. The number of hydrogen-bond acceptors (Lipinski definition) is 4. The number of rotatable bonds is 7. The van der Waals surface area contributed by atoms with Gasteiger partial charge in [-0.05, 0) is 68.0 Å². The third-order valence-corrected chi connectivity index (χ3v) is 6.07. The van der Waals surface area contributed by atoms with Crippen molar-refractivity contribution in [3.63, 3.8) is 0 Å². The average molecular weight is 476 g/mol. The predicted molar refractivity (Wildman–Crippen MR) is 143 cm³/mol. The SMILES string of the molecule is CCn1nc(C)c(CCN=C(NC(=O)c2ccc(C(C)(C)C)cc2)Nc2ccccc2OC)c1C. The topological polar surface area (TPSA) is 80.5 Å². The Morgan fingerprint density at radius 2 is 1.77 bits per heavy atom. The summed E-state index contributed by atoms with van der Waals surface area (Å²) in [6.07, 6.45) is 0.727. The highest BCUT2D eigenvalue weighted by Gasteiger charge is 2.16. The maximum Gasteiger partial charge on any atom is 0.257 e. The van der Waals surface area contributed by atoms with E-state index in [0.717, 1.165) is 30.0 Å². The van der Waals surface area contributed by atoms with E-state index < -0.39 is 0 Å². The maximum absolute atomic E-state index is 13.1. The van der Waals surface area contributed by atoms with Crippen molar-refractivity contribution < 1.29 is 9.53 Å². The van der Waals surface area contributed by atoms with Gasteiger partial charge in [-0.15, -0.1) is 0 Å². The lowest BCUT2D eigenvalue weighted by atomic mass is 9.87. The molecule has 3 rings (SSSR count). The smallest absolute Gasteiger partial charge is 0.257 e. The normalized spacial score (nSPS) is 11.9. The second-order valence-corrected chi connectivity index (χ2v) is 9.55. The molecule has 0 aliphatic heterocycles. The van der Waals surface area contributed by atoms with E-state index in [1.807, 2.05) is 60.1 Å². The zero-order valence-corrected chi connectivity index (χ0v) is 21.9. The molecule has 7 nitrogen and oxygen atoms in total. The minimum Gasteiger partial charge on any atom is -0.495 e. The Morgan fingerprint density at radius 1 is 1.09 bits per heavy atom. The number of hydrogen-bond donors (Lipinski definition) is 2. The number of aliphatic imine (C=N–C) groups is 1. The van der Waals surface area contributed by atoms with Crippen LogP contribution >= 0.6 is 0 Å². The number of para-hydroxylation sites is 2. The molecular formula is C28H37N5O2. The van der Waals surface area contributed by atoms with Crippen LogP contribution in [-0.2, 0) is 18.4 Å². The molecule has 1 heterocycles. The van der Waals surface area contributed by atoms with Crippen molar-refractivity contribution in [2.45, 2.75) is 59.9 Å². The second kappa shape index (κ2) is 11.2. The standard InChI is InChI=1S/C28H37N5O2/c1-8-33-20(3)23(19(2)32-33)17-18-29-27(30-24-11-9-10-12-25(24)35-7)31-26(34)21-13-15-22(16-14-21)28(4,5)6/h9-16H,8,17-18H2,1-7H3,(H2,29,30,31,34). The molecule has 2 aromatic carbocycles. The van der Waals surface area contributed by atoms with Gasteiger partial charge in [0, 0.05) is 24.3 Å². The molecule has 0 fully saturated rings. The summed E-state index contributed by atoms with van der Waals surface area (Å²) < 4.78 is 7.47. The highest BCUT2D eigenvalue weighted by molar-refractivity contribution is 6.10. The average Bonchev–Trinajstić information content (AvgIpc) is 3.11. The van der Waals surface area contributed by atoms with Crippen LogP contribution in [0.3, 0.4) is 0 Å². The van der Waals surface area contributed by atoms with Crippen LogP contribution in [0.25, 0.3) is 0 Å². The summed E-state index contributed by atoms with van der Waals surface area (Å²) >= 11 is 0. The summed E-state index contributed by atoms with van der Waals surface area (Å²) in [5.41, 5.74) is 5.86. The van der Waals surface area contributed by atoms with Crippen molar-refractivity contribution in [2.75, 3.05) is 19.0 Å². The summed E-state index contributed by atoms with van der Waals surface area (Å²) in [5, 5.41) is 10.8. The number of carbonyl (C=O) groups excluding carboxylic acids is 1. The van der Waals surface area contributed by atoms with Crippen LogP contribution in [-0.4, -0.2) is 35.3 Å². The van der Waals surface area contributed by atoms with Crippen LogP contribution in [0.5, 0.6) is 5.75 Å². The van der Waals surface area contributed by atoms with Gasteiger partial charge in [-0.25, -0.2) is 0 Å². The van der Waals surface area contributed by atoms with Crippen molar-refractivity contribution in [1.29, 1.82) is 0 Å². The van der Waals surface area contributed by atoms with Crippen LogP contribution < -0.4 is 15.4 Å². The number of guanidine groups is 1. The number of amides is 1. The quantitative estimate of drug-likeness (QED) is 0.360. The number of methoxy groups -OCH3 is 1. The Bertz CT molecular complexity index is 1190. The number of ether oxygens (including phenoxy) is 1. The molecule has 1 aromatic heterocycles. The monoisotopic (exact) mass is 475 g/mol. The van der Waals surface area contributed by atoms with Gasteiger partial charge >= 0.3 is 0 Å². The fourth-order valence-corrected chi connectivity index (χ4v) is 3.97. The highest BCUT2D eigenvalue weighted by Crippen LogP contribution is 2.24. The number of benzene rings is 2. The molecule has 0 aliphatic rings. The van der Waals surface area contributed by atoms with E-state index in [4.69, 9.17) is 9.73 Å². The molecule has 2 N–H and O–H groups in total. The van der Waals surface area contributed by atoms with Crippen molar-refractivity contribution in [3.05, 3.63) is 76.6 Å². The minimum atomic E-state index is -0.224. The van der Waals surface area contributed by atoms with Gasteiger partial charge in [0.15, 0.2) is 0 Å². The van der Waals surface area contributed by atoms with E-state index in [0.29, 0.717) is 23.8 Å². The lowest BCUT2D eigenvalue weighted by Gasteiger charge is -2.19. The fraction of sp³-hybridized carbons (Fsp3) is 0.393. The summed E-state index contributed by atoms with van der Waals surface area (Å²) in [7, 11) is 1.61. The van der Waals surface area contributed by atoms with Gasteiger partial charge in [0.25, 0.3) is 5.91 Å². The van der Waals surface area contributed by atoms with Crippen LogP contribution in [0.15, 0.2) is 53.5 Å². The molecule has 186 valence electrons. The van der Waals surface area contributed by atoms with E-state index in [1.165, 1.54) is 11.1 Å². The second-order valence-electron chi connectivity index (χ2n) is 9.55. The number of aromatic nitrogens is 2. The van der Waals surface area contributed by atoms with E-state index in [2.05, 4.69) is 50.4 Å². The first kappa shape index (κ1) is 26.0. The molecule has 0 saturated carbocycles. The predicted octanol–water partition coefficient (Wildman–Crippen LogP) is 5.27. The molecule has 0 radical (unpaired) electrons. The number of nitrogens with one attached hydrogen (secondary N) is 2. The molecule has 3 aromatic rings. The molecule has 0 atom stereocenters. The summed E-state index contributed by atoms with van der Waals surface area (Å²) in [6, 6.07) is 15.2. The summed E-state index contributed by atoms with van der Waals surface area (Å²) in [4.78, 5) is 17.8. The van der Waals surface area contributed by atoms with E-state index in [1.54, 1.807) is 7.11 Å². The third kappa shape index (κ3) is 6.50. The van der Waals surface area contributed by atoms with E-state index in [9.17, 15) is 4.79 Å². The number of nitrogens with zero attached hydrogens (tertiary/aromatic N) is 3. The van der Waals surface area contributed by atoms with Crippen molar-refractivity contribution in [3.8, 4) is 5.75 Å². The largest absolute Gasteiger partial charge is 0.495 e. The first-order valence-corrected chi connectivity index (χ1v) is 12.0. The van der Waals surface area contributed by atoms with E-state index in [-0.39, 0.29) is 11.3 Å². The van der Waals surface area contributed by atoms with Gasteiger partial charge in [0.1, 0.15) is 5.75 Å². The van der Waals surface area contributed by atoms with Crippen LogP contribution in [0.1, 0.15) is 60.6 Å². The lowest BCUT2D eigenvalue weighted by molar-refractivity contribution is 0.0977. The Labute approximate surface area is 208 Å². The van der Waals surface area contributed by atoms with Gasteiger partial charge in [0.05, 0.1) is 18.5 Å². The molecular weight excluding hydrogens is 438 g/mol. The van der Waals surface area contributed by atoms with E-state index >= 15 is 0 Å². The van der Waals surface area contributed by atoms with Crippen LogP contribution in [0.4, 0.5) is 5.69 Å². The molecule has 0 spiro atoms. The first-order chi connectivity index (χ1) is 16.6. The van der Waals surface area contributed by atoms with Crippen molar-refractivity contribution in [2.24, 2.45) is 4.99 Å². The molecule has 0 aliphatic carbocycles. The molecule has 1 amide bonds. The maximum atomic E-state index is 13.1. The molecule has 7 heteroatoms. The van der Waals surface area contributed by atoms with Gasteiger partial charge < -0.3 is 10.1 Å². The highest BCUT2D eigenvalue weighted by atomic mass is 16.5. The first-order valence-electron chi connectivity index (χ1n) is 12.0. The van der Waals surface area contributed by atoms with Gasteiger partial charge in [-0.3, -0.25) is 19.8 Å². The van der Waals surface area contributed by atoms with Crippen LogP contribution in [0, 0.1) is 13.8 Å². The Balaban J connectivity index is 1.82. The Hall–Kier alpha value is -3.61. The van der Waals surface area contributed by atoms with Crippen LogP contribution in [0.2, 0.25) is 0 Å². The lowest BCUT2D eigenvalue weighted by Crippen LogP contribution is -2.36. The summed E-state index contributed by atoms with van der Waals surface area (Å²) in [5.74, 6) is 0.815. The summed E-state index contributed by atoms with van der Waals surface area (Å²) in [6.45, 7) is 14.0. The number of aryl methyl sites for hydroxylation is 2. The van der Waals surface area contributed by atoms with Crippen molar-refractivity contribution in [1.82, 2.24) is 15.1 Å². The number of carbonyl (C=O) groups is 1. The molecule has 0 unspecified atom stereocenters. The Kier molecular flexibility index (Phi) is 8.33. The minimum absolute atomic E-state index is 0.0227. The van der Waals surface area contributed by atoms with Gasteiger partial charge in [-0.1, -0.05) is 45.0 Å². The zero-order valence-electron chi connectivity index (χ0n) is 21.9. The number of anilines is 1. The molecule has 0 saturated heterocycles. The molecule has 0 bridgehead atoms. The van der Waals surface area contributed by atoms with Gasteiger partial charge in [-0.2, -0.15) is 5.10 Å². The third-order valence-electron chi connectivity index (χ3n) is 6.07. The fourth-order valence-electron chi connectivity index (χ4n) is 3.97. The van der Waals surface area contributed by atoms with Crippen molar-refractivity contribution >= 4 is 17.6 Å². The molecule has 35 heavy (non-hydrogen) atoms.